The second kappa shape index (κ2) is 6.25. The fourth-order valence-corrected chi connectivity index (χ4v) is 4.32. The molecule has 0 bridgehead atoms. The van der Waals surface area contributed by atoms with E-state index in [9.17, 15) is 5.26 Å². The van der Waals surface area contributed by atoms with E-state index in [1.54, 1.807) is 11.3 Å². The van der Waals surface area contributed by atoms with Crippen molar-refractivity contribution in [3.8, 4) is 17.3 Å². The van der Waals surface area contributed by atoms with Gasteiger partial charge in [-0.05, 0) is 43.5 Å². The number of nitriles is 1. The number of rotatable bonds is 3. The molecule has 124 valence electrons. The summed E-state index contributed by atoms with van der Waals surface area (Å²) in [6.45, 7) is 8.69. The molecule has 1 aromatic carbocycles. The van der Waals surface area contributed by atoms with Crippen LogP contribution < -0.4 is 4.72 Å². The Morgan fingerprint density at radius 3 is 2.71 bits per heavy atom. The average molecular weight is 357 g/mol. The van der Waals surface area contributed by atoms with Crippen LogP contribution in [0, 0.1) is 18.3 Å². The van der Waals surface area contributed by atoms with Gasteiger partial charge >= 0.3 is 0 Å². The van der Waals surface area contributed by atoms with Crippen LogP contribution >= 0.6 is 23.3 Å². The highest BCUT2D eigenvalue weighted by Crippen LogP contribution is 2.35. The maximum Gasteiger partial charge on any atom is 0.194 e. The summed E-state index contributed by atoms with van der Waals surface area (Å²) in [5, 5.41) is 9.28. The van der Waals surface area contributed by atoms with Gasteiger partial charge in [0.2, 0.25) is 0 Å². The fourth-order valence-electron chi connectivity index (χ4n) is 2.61. The standard InChI is InChI=1S/C18H20N4S2/c1-11-16(12-6-7-13(9-19)14(8-12)24-20-5)22-10-15(18(2,3)4)23-17(22)21-11/h6-8,10,20H,1-5H3. The van der Waals surface area contributed by atoms with Crippen LogP contribution in [0.1, 0.15) is 36.9 Å². The molecule has 0 amide bonds. The normalized spacial score (nSPS) is 11.8. The smallest absolute Gasteiger partial charge is 0.194 e. The molecule has 0 aliphatic carbocycles. The van der Waals surface area contributed by atoms with Crippen LogP contribution in [-0.2, 0) is 5.41 Å². The lowest BCUT2D eigenvalue weighted by Crippen LogP contribution is -2.08. The summed E-state index contributed by atoms with van der Waals surface area (Å²) in [7, 11) is 1.86. The molecule has 3 aromatic rings. The first-order valence-corrected chi connectivity index (χ1v) is 9.35. The van der Waals surface area contributed by atoms with Gasteiger partial charge in [0.1, 0.15) is 6.07 Å². The molecule has 0 unspecified atom stereocenters. The lowest BCUT2D eigenvalue weighted by Gasteiger charge is -2.14. The van der Waals surface area contributed by atoms with Gasteiger partial charge in [0.05, 0.1) is 17.0 Å². The number of aromatic nitrogens is 2. The second-order valence-corrected chi connectivity index (χ2v) is 8.73. The Kier molecular flexibility index (Phi) is 4.43. The van der Waals surface area contributed by atoms with Crippen LogP contribution in [-0.4, -0.2) is 16.4 Å². The van der Waals surface area contributed by atoms with Crippen LogP contribution in [0.5, 0.6) is 0 Å². The zero-order valence-electron chi connectivity index (χ0n) is 14.5. The summed E-state index contributed by atoms with van der Waals surface area (Å²) in [6, 6.07) is 8.19. The Morgan fingerprint density at radius 2 is 2.08 bits per heavy atom. The lowest BCUT2D eigenvalue weighted by atomic mass is 9.95. The Labute approximate surface area is 150 Å². The summed E-state index contributed by atoms with van der Waals surface area (Å²) >= 11 is 3.20. The minimum Gasteiger partial charge on any atom is -0.290 e. The predicted octanol–water partition coefficient (Wildman–Crippen LogP) is 4.77. The highest BCUT2D eigenvalue weighted by molar-refractivity contribution is 7.97. The summed E-state index contributed by atoms with van der Waals surface area (Å²) in [5.74, 6) is 0. The third-order valence-corrected chi connectivity index (χ3v) is 6.00. The van der Waals surface area contributed by atoms with Crippen molar-refractivity contribution in [2.45, 2.75) is 38.0 Å². The number of thiazole rings is 1. The number of aryl methyl sites for hydroxylation is 1. The molecule has 3 rings (SSSR count). The van der Waals surface area contributed by atoms with E-state index in [1.807, 2.05) is 26.1 Å². The van der Waals surface area contributed by atoms with Gasteiger partial charge < -0.3 is 0 Å². The van der Waals surface area contributed by atoms with E-state index in [1.165, 1.54) is 16.8 Å². The summed E-state index contributed by atoms with van der Waals surface area (Å²) in [4.78, 5) is 7.99. The molecule has 0 aliphatic heterocycles. The van der Waals surface area contributed by atoms with E-state index in [0.29, 0.717) is 5.56 Å². The summed E-state index contributed by atoms with van der Waals surface area (Å²) in [5.41, 5.74) is 3.96. The SMILES string of the molecule is CNSc1cc(-c2c(C)nc3sc(C(C)(C)C)cn23)ccc1C#N. The maximum absolute atomic E-state index is 9.28. The molecule has 2 aromatic heterocycles. The molecular weight excluding hydrogens is 336 g/mol. The van der Waals surface area contributed by atoms with E-state index in [0.717, 1.165) is 26.8 Å². The molecule has 0 atom stereocenters. The quantitative estimate of drug-likeness (QED) is 0.687. The van der Waals surface area contributed by atoms with E-state index in [2.05, 4.69) is 48.2 Å². The molecule has 0 fully saturated rings. The number of nitrogens with zero attached hydrogens (tertiary/aromatic N) is 3. The highest BCUT2D eigenvalue weighted by atomic mass is 32.2. The van der Waals surface area contributed by atoms with Crippen LogP contribution in [0.4, 0.5) is 0 Å². The van der Waals surface area contributed by atoms with Gasteiger partial charge in [-0.25, -0.2) is 4.98 Å². The van der Waals surface area contributed by atoms with Crippen molar-refractivity contribution in [2.75, 3.05) is 7.05 Å². The van der Waals surface area contributed by atoms with Gasteiger partial charge in [0, 0.05) is 21.5 Å². The Hall–Kier alpha value is -1.81. The van der Waals surface area contributed by atoms with Crippen LogP contribution in [0.3, 0.4) is 0 Å². The average Bonchev–Trinajstić information content (AvgIpc) is 3.04. The molecule has 0 saturated heterocycles. The lowest BCUT2D eigenvalue weighted by molar-refractivity contribution is 0.601. The first kappa shape index (κ1) is 17.0. The summed E-state index contributed by atoms with van der Waals surface area (Å²) < 4.78 is 5.23. The van der Waals surface area contributed by atoms with Crippen molar-refractivity contribution in [2.24, 2.45) is 0 Å². The van der Waals surface area contributed by atoms with Gasteiger partial charge in [0.15, 0.2) is 4.96 Å². The molecule has 0 saturated carbocycles. The molecule has 2 heterocycles. The number of benzene rings is 1. The molecule has 0 radical (unpaired) electrons. The van der Waals surface area contributed by atoms with Gasteiger partial charge in [-0.15, -0.1) is 11.3 Å². The van der Waals surface area contributed by atoms with Crippen molar-refractivity contribution in [3.63, 3.8) is 0 Å². The number of nitrogens with one attached hydrogen (secondary N) is 1. The highest BCUT2D eigenvalue weighted by Gasteiger charge is 2.21. The third-order valence-electron chi connectivity index (χ3n) is 3.83. The summed E-state index contributed by atoms with van der Waals surface area (Å²) in [6.07, 6.45) is 2.19. The zero-order valence-corrected chi connectivity index (χ0v) is 16.1. The monoisotopic (exact) mass is 356 g/mol. The first-order valence-electron chi connectivity index (χ1n) is 7.72. The molecule has 0 spiro atoms. The topological polar surface area (TPSA) is 53.1 Å². The molecule has 0 aliphatic rings. The Balaban J connectivity index is 2.18. The Bertz CT molecular complexity index is 938. The maximum atomic E-state index is 9.28. The number of fused-ring (bicyclic) bond motifs is 1. The first-order chi connectivity index (χ1) is 11.3. The van der Waals surface area contributed by atoms with Crippen molar-refractivity contribution in [1.29, 1.82) is 5.26 Å². The third kappa shape index (κ3) is 2.95. The molecule has 24 heavy (non-hydrogen) atoms. The molecule has 1 N–H and O–H groups in total. The zero-order chi connectivity index (χ0) is 17.5. The largest absolute Gasteiger partial charge is 0.290 e. The molecular formula is C18H20N4S2. The van der Waals surface area contributed by atoms with Crippen LogP contribution in [0.25, 0.3) is 16.2 Å². The minimum atomic E-state index is 0.106. The number of imidazole rings is 1. The Morgan fingerprint density at radius 1 is 1.33 bits per heavy atom. The van der Waals surface area contributed by atoms with E-state index in [4.69, 9.17) is 4.98 Å². The fraction of sp³-hybridized carbons (Fsp3) is 0.333. The molecule has 4 nitrogen and oxygen atoms in total. The van der Waals surface area contributed by atoms with Gasteiger partial charge in [-0.3, -0.25) is 9.12 Å². The number of hydrogen-bond donors (Lipinski definition) is 1. The number of hydrogen-bond acceptors (Lipinski definition) is 5. The van der Waals surface area contributed by atoms with Crippen LogP contribution in [0.15, 0.2) is 29.3 Å². The van der Waals surface area contributed by atoms with Gasteiger partial charge in [0.25, 0.3) is 0 Å². The van der Waals surface area contributed by atoms with Gasteiger partial charge in [-0.1, -0.05) is 26.8 Å². The van der Waals surface area contributed by atoms with Gasteiger partial charge in [-0.2, -0.15) is 5.26 Å². The predicted molar refractivity (Wildman–Crippen MR) is 102 cm³/mol. The van der Waals surface area contributed by atoms with E-state index >= 15 is 0 Å². The van der Waals surface area contributed by atoms with Crippen molar-refractivity contribution >= 4 is 28.2 Å². The van der Waals surface area contributed by atoms with Crippen LogP contribution in [0.2, 0.25) is 0 Å². The van der Waals surface area contributed by atoms with E-state index in [-0.39, 0.29) is 5.41 Å². The van der Waals surface area contributed by atoms with Crippen molar-refractivity contribution < 1.29 is 0 Å². The minimum absolute atomic E-state index is 0.106. The van der Waals surface area contributed by atoms with Crippen molar-refractivity contribution in [3.05, 3.63) is 40.5 Å². The van der Waals surface area contributed by atoms with Crippen molar-refractivity contribution in [1.82, 2.24) is 14.1 Å². The van der Waals surface area contributed by atoms with E-state index < -0.39 is 0 Å². The molecule has 6 heteroatoms. The second-order valence-electron chi connectivity index (χ2n) is 6.67.